The normalized spacial score (nSPS) is 40.3. The Kier molecular flexibility index (Phi) is 21.3. The standard InChI is InChI=1S/C50H81NO10/c1-31-15-12-11-13-16-33(3)42(53)26-32(2)18-19-38(8)50(9,59)30-45(55)51-24-14-17-41(51)49(58)61-44(35(5)28-39-20-22-40(52)23-21-39)29-43(54)34(4)27-37(7)47(57)48(60-10)46(56)36(6)25-31/h11-13,15-16,27,31-32,34-36,38-42,44,47-48,52-53,57,59H,14,17-26,28-30H2,1-10H3/b13-11+,15-12+,33-16+,37-27+/t31-,32+,34-,35-,36-,38-,39-,40-,41?,42+,44+,47-,48+,50-/m1/s1. The number of hydrogen-bond acceptors (Lipinski definition) is 10. The topological polar surface area (TPSA) is 171 Å². The number of aliphatic hydroxyl groups is 4. The van der Waals surface area contributed by atoms with Gasteiger partial charge >= 0.3 is 5.97 Å². The van der Waals surface area contributed by atoms with Gasteiger partial charge in [0.25, 0.3) is 0 Å². The van der Waals surface area contributed by atoms with Crippen molar-refractivity contribution < 1.29 is 49.1 Å². The molecule has 0 aromatic heterocycles. The van der Waals surface area contributed by atoms with E-state index in [1.54, 1.807) is 26.8 Å². The summed E-state index contributed by atoms with van der Waals surface area (Å²) in [6.45, 7) is 17.2. The molecule has 61 heavy (non-hydrogen) atoms. The van der Waals surface area contributed by atoms with Crippen LogP contribution >= 0.6 is 0 Å². The van der Waals surface area contributed by atoms with Crippen molar-refractivity contribution in [1.29, 1.82) is 0 Å². The van der Waals surface area contributed by atoms with E-state index in [2.05, 4.69) is 6.92 Å². The van der Waals surface area contributed by atoms with Gasteiger partial charge in [0.2, 0.25) is 5.91 Å². The first kappa shape index (κ1) is 52.4. The van der Waals surface area contributed by atoms with Gasteiger partial charge in [-0.3, -0.25) is 14.4 Å². The molecule has 3 aliphatic rings. The lowest BCUT2D eigenvalue weighted by Gasteiger charge is -2.34. The Hall–Kier alpha value is -2.96. The first-order valence-electron chi connectivity index (χ1n) is 23.2. The summed E-state index contributed by atoms with van der Waals surface area (Å²) in [7, 11) is 1.39. The molecule has 1 saturated heterocycles. The number of Topliss-reactive ketones (excluding diaryl/α,β-unsaturated/α-hetero) is 2. The van der Waals surface area contributed by atoms with Crippen LogP contribution in [0.25, 0.3) is 0 Å². The first-order chi connectivity index (χ1) is 28.6. The third kappa shape index (κ3) is 16.3. The van der Waals surface area contributed by atoms with Crippen LogP contribution < -0.4 is 0 Å². The summed E-state index contributed by atoms with van der Waals surface area (Å²) in [5.41, 5.74) is -0.0581. The van der Waals surface area contributed by atoms with Gasteiger partial charge in [-0.15, -0.1) is 0 Å². The fraction of sp³-hybridized carbons (Fsp3) is 0.760. The van der Waals surface area contributed by atoms with Crippen LogP contribution in [0.5, 0.6) is 0 Å². The molecule has 346 valence electrons. The minimum absolute atomic E-state index is 0.0564. The number of carbonyl (C=O) groups is 4. The molecule has 11 nitrogen and oxygen atoms in total. The van der Waals surface area contributed by atoms with E-state index < -0.39 is 53.9 Å². The summed E-state index contributed by atoms with van der Waals surface area (Å²) < 4.78 is 11.8. The molecule has 3 rings (SSSR count). The van der Waals surface area contributed by atoms with Gasteiger partial charge in [-0.05, 0) is 126 Å². The molecule has 1 aliphatic carbocycles. The molecule has 2 heterocycles. The highest BCUT2D eigenvalue weighted by Gasteiger charge is 2.41. The number of allylic oxidation sites excluding steroid dienone is 6. The van der Waals surface area contributed by atoms with Crippen LogP contribution in [-0.2, 0) is 28.7 Å². The first-order valence-corrected chi connectivity index (χ1v) is 23.2. The molecule has 12 atom stereocenters. The number of methoxy groups -OCH3 is 1. The van der Waals surface area contributed by atoms with E-state index in [1.165, 1.54) is 12.0 Å². The molecule has 0 spiro atoms. The summed E-state index contributed by atoms with van der Waals surface area (Å²) >= 11 is 0. The predicted octanol–water partition coefficient (Wildman–Crippen LogP) is 7.63. The highest BCUT2D eigenvalue weighted by Crippen LogP contribution is 2.34. The molecule has 0 bridgehead atoms. The zero-order valence-corrected chi connectivity index (χ0v) is 39.1. The minimum atomic E-state index is -1.32. The molecule has 1 saturated carbocycles. The number of cyclic esters (lactones) is 1. The van der Waals surface area contributed by atoms with E-state index in [4.69, 9.17) is 9.47 Å². The lowest BCUT2D eigenvalue weighted by Crippen LogP contribution is -2.47. The van der Waals surface area contributed by atoms with E-state index in [1.807, 2.05) is 65.0 Å². The maximum Gasteiger partial charge on any atom is 0.329 e. The maximum absolute atomic E-state index is 14.1. The Balaban J connectivity index is 1.92. The van der Waals surface area contributed by atoms with Crippen molar-refractivity contribution in [3.05, 3.63) is 47.6 Å². The average molecular weight is 856 g/mol. The second-order valence-electron chi connectivity index (χ2n) is 19.6. The quantitative estimate of drug-likeness (QED) is 0.163. The molecule has 2 fully saturated rings. The fourth-order valence-corrected chi connectivity index (χ4v) is 9.35. The number of aliphatic hydroxyl groups excluding tert-OH is 3. The smallest absolute Gasteiger partial charge is 0.329 e. The molecule has 2 aliphatic heterocycles. The van der Waals surface area contributed by atoms with E-state index in [0.717, 1.165) is 24.8 Å². The zero-order valence-electron chi connectivity index (χ0n) is 39.1. The third-order valence-electron chi connectivity index (χ3n) is 14.0. The highest BCUT2D eigenvalue weighted by molar-refractivity contribution is 5.87. The molecule has 1 unspecified atom stereocenters. The maximum atomic E-state index is 14.1. The summed E-state index contributed by atoms with van der Waals surface area (Å²) in [5.74, 6) is -2.24. The fourth-order valence-electron chi connectivity index (χ4n) is 9.35. The highest BCUT2D eigenvalue weighted by atomic mass is 16.5. The molecule has 0 aromatic rings. The lowest BCUT2D eigenvalue weighted by atomic mass is 9.79. The predicted molar refractivity (Wildman–Crippen MR) is 239 cm³/mol. The Labute approximate surface area is 367 Å². The Morgan fingerprint density at radius 2 is 1.56 bits per heavy atom. The molecule has 11 heteroatoms. The monoisotopic (exact) mass is 856 g/mol. The molecule has 0 aromatic carbocycles. The number of ketones is 2. The van der Waals surface area contributed by atoms with Crippen LogP contribution in [0.3, 0.4) is 0 Å². The van der Waals surface area contributed by atoms with Crippen molar-refractivity contribution in [3.8, 4) is 0 Å². The number of esters is 1. The summed E-state index contributed by atoms with van der Waals surface area (Å²) in [4.78, 5) is 57.0. The van der Waals surface area contributed by atoms with Crippen LogP contribution in [0.4, 0.5) is 0 Å². The number of carbonyl (C=O) groups excluding carboxylic acids is 4. The summed E-state index contributed by atoms with van der Waals surface area (Å²) in [6, 6.07) is -0.829. The summed E-state index contributed by atoms with van der Waals surface area (Å²) in [5, 5.41) is 44.0. The van der Waals surface area contributed by atoms with Gasteiger partial charge in [0, 0.05) is 31.9 Å². The number of ether oxygens (including phenoxy) is 2. The number of rotatable bonds is 4. The van der Waals surface area contributed by atoms with Crippen molar-refractivity contribution in [2.75, 3.05) is 13.7 Å². The van der Waals surface area contributed by atoms with Crippen LogP contribution in [0.2, 0.25) is 0 Å². The largest absolute Gasteiger partial charge is 0.460 e. The number of nitrogens with zero attached hydrogens (tertiary/aromatic N) is 1. The van der Waals surface area contributed by atoms with Crippen molar-refractivity contribution >= 4 is 23.4 Å². The SMILES string of the molecule is CO[C@H]1C(=O)[C@H](C)C[C@H](C)/C=C/C=C/C=C(\C)[C@@H](O)C[C@@H](C)CC[C@@H](C)[C@](C)(O)CC(=O)N2CCCC2C(=O)O[C@H]([C@H](C)C[C@H]2CC[C@H](O)CC2)CC(=O)[C@H](C)/C=C(\C)[C@H]1O. The third-order valence-corrected chi connectivity index (χ3v) is 14.0. The van der Waals surface area contributed by atoms with Gasteiger partial charge < -0.3 is 34.8 Å². The van der Waals surface area contributed by atoms with Gasteiger partial charge in [-0.2, -0.15) is 0 Å². The van der Waals surface area contributed by atoms with E-state index in [9.17, 15) is 39.6 Å². The van der Waals surface area contributed by atoms with Crippen LogP contribution in [0.15, 0.2) is 47.6 Å². The van der Waals surface area contributed by atoms with Gasteiger partial charge in [-0.25, -0.2) is 4.79 Å². The van der Waals surface area contributed by atoms with Gasteiger partial charge in [-0.1, -0.05) is 84.4 Å². The molecule has 1 amide bonds. The molecular weight excluding hydrogens is 775 g/mol. The molecule has 4 N–H and O–H groups in total. The molecular formula is C50H81NO10. The average Bonchev–Trinajstić information content (AvgIpc) is 3.70. The van der Waals surface area contributed by atoms with Crippen molar-refractivity contribution in [1.82, 2.24) is 4.90 Å². The number of fused-ring (bicyclic) bond motifs is 1. The van der Waals surface area contributed by atoms with E-state index in [0.29, 0.717) is 69.4 Å². The lowest BCUT2D eigenvalue weighted by molar-refractivity contribution is -0.163. The Morgan fingerprint density at radius 1 is 0.885 bits per heavy atom. The van der Waals surface area contributed by atoms with E-state index >= 15 is 0 Å². The molecule has 0 radical (unpaired) electrons. The Bertz CT molecular complexity index is 1560. The van der Waals surface area contributed by atoms with Gasteiger partial charge in [0.1, 0.15) is 30.1 Å². The van der Waals surface area contributed by atoms with Crippen LogP contribution in [0.1, 0.15) is 146 Å². The van der Waals surface area contributed by atoms with Gasteiger partial charge in [0.15, 0.2) is 5.78 Å². The van der Waals surface area contributed by atoms with Crippen LogP contribution in [0, 0.1) is 41.4 Å². The summed E-state index contributed by atoms with van der Waals surface area (Å²) in [6.07, 6.45) is 14.3. The second-order valence-corrected chi connectivity index (χ2v) is 19.6. The van der Waals surface area contributed by atoms with E-state index in [-0.39, 0.29) is 60.1 Å². The van der Waals surface area contributed by atoms with Gasteiger partial charge in [0.05, 0.1) is 24.2 Å². The Morgan fingerprint density at radius 3 is 2.21 bits per heavy atom. The number of hydrogen-bond donors (Lipinski definition) is 4. The van der Waals surface area contributed by atoms with Crippen molar-refractivity contribution in [3.63, 3.8) is 0 Å². The minimum Gasteiger partial charge on any atom is -0.460 e. The zero-order chi connectivity index (χ0) is 45.6. The van der Waals surface area contributed by atoms with Crippen molar-refractivity contribution in [2.24, 2.45) is 41.4 Å². The number of amides is 1. The van der Waals surface area contributed by atoms with Crippen LogP contribution in [-0.4, -0.2) is 105 Å². The van der Waals surface area contributed by atoms with Crippen molar-refractivity contribution in [2.45, 2.75) is 188 Å². The second kappa shape index (κ2) is 24.8.